The zero-order valence-electron chi connectivity index (χ0n) is 15.6. The molecule has 0 saturated heterocycles. The Bertz CT molecular complexity index is 1010. The fraction of sp³-hybridized carbons (Fsp3) is 0.263. The molecule has 1 atom stereocenters. The number of aromatic nitrogens is 4. The van der Waals surface area contributed by atoms with Gasteiger partial charge in [0, 0.05) is 16.8 Å². The van der Waals surface area contributed by atoms with Crippen LogP contribution in [-0.2, 0) is 0 Å². The molecule has 3 heterocycles. The van der Waals surface area contributed by atoms with Gasteiger partial charge in [-0.3, -0.25) is 5.43 Å². The minimum absolute atomic E-state index is 0.156. The zero-order valence-corrected chi connectivity index (χ0v) is 16.4. The van der Waals surface area contributed by atoms with E-state index < -0.39 is 0 Å². The molecule has 0 aliphatic carbocycles. The van der Waals surface area contributed by atoms with E-state index in [4.69, 9.17) is 4.74 Å². The first-order valence-electron chi connectivity index (χ1n) is 8.53. The lowest BCUT2D eigenvalue weighted by molar-refractivity contribution is 0.414. The molecule has 1 aliphatic rings. The molecule has 8 heteroatoms. The minimum Gasteiger partial charge on any atom is -0.497 e. The summed E-state index contributed by atoms with van der Waals surface area (Å²) in [6.45, 7) is 3.99. The van der Waals surface area contributed by atoms with Crippen molar-refractivity contribution < 1.29 is 4.74 Å². The number of thioether (sulfide) groups is 1. The first kappa shape index (κ1) is 17.5. The second-order valence-electron chi connectivity index (χ2n) is 6.29. The largest absolute Gasteiger partial charge is 0.497 e. The number of fused-ring (bicyclic) bond motifs is 1. The topological polar surface area (TPSA) is 77.2 Å². The molecule has 1 aliphatic heterocycles. The highest BCUT2D eigenvalue weighted by molar-refractivity contribution is 7.98. The van der Waals surface area contributed by atoms with Gasteiger partial charge in [0.1, 0.15) is 10.8 Å². The Labute approximate surface area is 161 Å². The van der Waals surface area contributed by atoms with Crippen LogP contribution in [0.15, 0.2) is 40.5 Å². The van der Waals surface area contributed by atoms with Gasteiger partial charge in [-0.15, -0.1) is 22.0 Å². The summed E-state index contributed by atoms with van der Waals surface area (Å²) in [6.07, 6.45) is 3.80. The lowest BCUT2D eigenvalue weighted by Crippen LogP contribution is -2.27. The van der Waals surface area contributed by atoms with Crippen LogP contribution < -0.4 is 10.2 Å². The van der Waals surface area contributed by atoms with Crippen molar-refractivity contribution in [3.05, 3.63) is 58.4 Å². The number of nitrogens with zero attached hydrogens (tertiary/aromatic N) is 5. The minimum atomic E-state index is -0.156. The highest BCUT2D eigenvalue weighted by Crippen LogP contribution is 2.35. The Morgan fingerprint density at radius 3 is 2.56 bits per heavy atom. The molecule has 3 aromatic rings. The summed E-state index contributed by atoms with van der Waals surface area (Å²) < 4.78 is 7.13. The van der Waals surface area contributed by atoms with Crippen LogP contribution in [0.5, 0.6) is 5.75 Å². The molecule has 1 unspecified atom stereocenters. The van der Waals surface area contributed by atoms with Crippen molar-refractivity contribution in [1.29, 1.82) is 0 Å². The summed E-state index contributed by atoms with van der Waals surface area (Å²) in [6, 6.07) is 9.83. The number of hydrogen-bond donors (Lipinski definition) is 1. The third-order valence-electron chi connectivity index (χ3n) is 4.54. The number of nitrogens with one attached hydrogen (secondary N) is 1. The molecule has 1 aromatic carbocycles. The molecule has 0 bridgehead atoms. The number of methoxy groups -OCH3 is 1. The van der Waals surface area contributed by atoms with Crippen molar-refractivity contribution in [2.24, 2.45) is 5.10 Å². The Morgan fingerprint density at radius 2 is 1.93 bits per heavy atom. The molecule has 2 aromatic heterocycles. The van der Waals surface area contributed by atoms with Crippen LogP contribution in [0.3, 0.4) is 0 Å². The average Bonchev–Trinajstić information content (AvgIpc) is 3.04. The third-order valence-corrected chi connectivity index (χ3v) is 5.22. The Balaban J connectivity index is 1.93. The van der Waals surface area contributed by atoms with E-state index in [1.807, 2.05) is 61.3 Å². The lowest BCUT2D eigenvalue weighted by atomic mass is 9.95. The molecule has 27 heavy (non-hydrogen) atoms. The average molecular weight is 380 g/mol. The summed E-state index contributed by atoms with van der Waals surface area (Å²) in [5.41, 5.74) is 8.23. The van der Waals surface area contributed by atoms with Crippen LogP contribution in [0.25, 0.3) is 5.82 Å². The number of benzene rings is 1. The van der Waals surface area contributed by atoms with Gasteiger partial charge in [0.15, 0.2) is 5.82 Å². The molecule has 7 nitrogen and oxygen atoms in total. The number of ether oxygens (including phenoxy) is 1. The molecule has 0 radical (unpaired) electrons. The summed E-state index contributed by atoms with van der Waals surface area (Å²) in [4.78, 5) is 0. The van der Waals surface area contributed by atoms with E-state index in [9.17, 15) is 0 Å². The third kappa shape index (κ3) is 3.06. The van der Waals surface area contributed by atoms with Crippen molar-refractivity contribution in [2.75, 3.05) is 13.4 Å². The smallest absolute Gasteiger partial charge is 0.182 e. The van der Waals surface area contributed by atoms with Gasteiger partial charge in [-0.2, -0.15) is 10.2 Å². The van der Waals surface area contributed by atoms with E-state index >= 15 is 0 Å². The molecule has 0 amide bonds. The van der Waals surface area contributed by atoms with Crippen molar-refractivity contribution >= 4 is 18.0 Å². The van der Waals surface area contributed by atoms with Crippen LogP contribution in [0.4, 0.5) is 0 Å². The van der Waals surface area contributed by atoms with Gasteiger partial charge in [-0.25, -0.2) is 4.68 Å². The molecule has 4 rings (SSSR count). The first-order valence-corrected chi connectivity index (χ1v) is 9.75. The van der Waals surface area contributed by atoms with Crippen molar-refractivity contribution in [1.82, 2.24) is 25.4 Å². The summed E-state index contributed by atoms with van der Waals surface area (Å²) in [7, 11) is 1.66. The fourth-order valence-corrected chi connectivity index (χ4v) is 3.78. The number of hydrogen-bond acceptors (Lipinski definition) is 7. The molecular formula is C19H20N6OS. The van der Waals surface area contributed by atoms with E-state index in [-0.39, 0.29) is 6.04 Å². The second kappa shape index (κ2) is 7.03. The van der Waals surface area contributed by atoms with Gasteiger partial charge >= 0.3 is 0 Å². The normalized spacial score (nSPS) is 15.3. The highest BCUT2D eigenvalue weighted by atomic mass is 32.2. The molecular weight excluding hydrogens is 360 g/mol. The highest BCUT2D eigenvalue weighted by Gasteiger charge is 2.28. The van der Waals surface area contributed by atoms with Crippen molar-refractivity contribution in [2.45, 2.75) is 24.9 Å². The monoisotopic (exact) mass is 380 g/mol. The van der Waals surface area contributed by atoms with Crippen molar-refractivity contribution in [3.8, 4) is 11.6 Å². The van der Waals surface area contributed by atoms with Gasteiger partial charge in [0.05, 0.1) is 25.1 Å². The van der Waals surface area contributed by atoms with E-state index in [1.54, 1.807) is 18.9 Å². The molecule has 0 fully saturated rings. The van der Waals surface area contributed by atoms with Crippen LogP contribution in [0.2, 0.25) is 0 Å². The van der Waals surface area contributed by atoms with Gasteiger partial charge in [-0.1, -0.05) is 12.1 Å². The van der Waals surface area contributed by atoms with Crippen LogP contribution >= 0.6 is 11.8 Å². The Hall–Kier alpha value is -2.87. The molecule has 0 spiro atoms. The van der Waals surface area contributed by atoms with Gasteiger partial charge in [0.2, 0.25) is 0 Å². The summed E-state index contributed by atoms with van der Waals surface area (Å²) in [5.74, 6) is 1.53. The van der Waals surface area contributed by atoms with E-state index in [2.05, 4.69) is 25.8 Å². The van der Waals surface area contributed by atoms with E-state index in [0.717, 1.165) is 38.9 Å². The SMILES string of the molecule is COc1ccc(C2NN=Cc3c(SC)nnc(-n4nc(C)cc4C)c32)cc1. The maximum atomic E-state index is 5.28. The Morgan fingerprint density at radius 1 is 1.15 bits per heavy atom. The maximum absolute atomic E-state index is 5.28. The maximum Gasteiger partial charge on any atom is 0.182 e. The van der Waals surface area contributed by atoms with Gasteiger partial charge in [0.25, 0.3) is 0 Å². The predicted octanol–water partition coefficient (Wildman–Crippen LogP) is 3.04. The fourth-order valence-electron chi connectivity index (χ4n) is 3.27. The molecule has 1 N–H and O–H groups in total. The van der Waals surface area contributed by atoms with Gasteiger partial charge in [-0.05, 0) is 43.9 Å². The molecule has 0 saturated carbocycles. The van der Waals surface area contributed by atoms with E-state index in [1.165, 1.54) is 0 Å². The second-order valence-corrected chi connectivity index (χ2v) is 7.09. The van der Waals surface area contributed by atoms with Gasteiger partial charge < -0.3 is 4.74 Å². The standard InChI is InChI=1S/C19H20N6OS/c1-11-9-12(2)25(24-11)18-16-15(19(27-4)23-22-18)10-20-21-17(16)13-5-7-14(26-3)8-6-13/h5-10,17,21H,1-4H3. The number of hydrazone groups is 1. The summed E-state index contributed by atoms with van der Waals surface area (Å²) >= 11 is 1.56. The van der Waals surface area contributed by atoms with E-state index in [0.29, 0.717) is 5.82 Å². The quantitative estimate of drug-likeness (QED) is 0.701. The first-order chi connectivity index (χ1) is 13.1. The van der Waals surface area contributed by atoms with Crippen LogP contribution in [0.1, 0.15) is 34.1 Å². The predicted molar refractivity (Wildman–Crippen MR) is 106 cm³/mol. The van der Waals surface area contributed by atoms with Crippen molar-refractivity contribution in [3.63, 3.8) is 0 Å². The van der Waals surface area contributed by atoms with Crippen LogP contribution in [0, 0.1) is 13.8 Å². The van der Waals surface area contributed by atoms with Crippen LogP contribution in [-0.4, -0.2) is 39.6 Å². The Kier molecular flexibility index (Phi) is 4.57. The number of rotatable bonds is 4. The molecule has 138 valence electrons. The summed E-state index contributed by atoms with van der Waals surface area (Å²) in [5, 5.41) is 18.8. The number of aryl methyl sites for hydroxylation is 2. The zero-order chi connectivity index (χ0) is 19.0. The lowest BCUT2D eigenvalue weighted by Gasteiger charge is -2.26.